The van der Waals surface area contributed by atoms with Gasteiger partial charge in [0.25, 0.3) is 5.89 Å². The van der Waals surface area contributed by atoms with E-state index in [9.17, 15) is 18.0 Å². The molecule has 1 aromatic heterocycles. The fourth-order valence-corrected chi connectivity index (χ4v) is 4.58. The van der Waals surface area contributed by atoms with Crippen molar-refractivity contribution < 1.29 is 22.4 Å². The number of amides is 1. The molecule has 1 aliphatic heterocycles. The Bertz CT molecular complexity index is 1250. The molecule has 0 radical (unpaired) electrons. The molecule has 1 saturated heterocycles. The van der Waals surface area contributed by atoms with Gasteiger partial charge in [-0.15, -0.1) is 5.10 Å². The molecule has 2 heterocycles. The third kappa shape index (κ3) is 6.92. The molecule has 37 heavy (non-hydrogen) atoms. The zero-order chi connectivity index (χ0) is 26.5. The van der Waals surface area contributed by atoms with Crippen LogP contribution in [0.3, 0.4) is 0 Å². The van der Waals surface area contributed by atoms with Crippen LogP contribution in [0.4, 0.5) is 30.6 Å². The van der Waals surface area contributed by atoms with Crippen molar-refractivity contribution in [2.45, 2.75) is 32.7 Å². The summed E-state index contributed by atoms with van der Waals surface area (Å²) in [7, 11) is 0. The first-order chi connectivity index (χ1) is 17.7. The highest BCUT2D eigenvalue weighted by molar-refractivity contribution is 14.1. The lowest BCUT2D eigenvalue weighted by atomic mass is 9.95. The number of piperidine rings is 1. The van der Waals surface area contributed by atoms with E-state index in [0.29, 0.717) is 16.7 Å². The number of halogens is 4. The predicted molar refractivity (Wildman–Crippen MR) is 143 cm³/mol. The smallest absolute Gasteiger partial charge is 0.315 e. The summed E-state index contributed by atoms with van der Waals surface area (Å²) in [6.45, 7) is 6.75. The normalized spacial score (nSPS) is 14.7. The van der Waals surface area contributed by atoms with Gasteiger partial charge in [-0.25, -0.2) is 13.2 Å². The number of nitrogens with one attached hydrogen (secondary N) is 3. The second kappa shape index (κ2) is 12.1. The first-order valence-electron chi connectivity index (χ1n) is 12.0. The lowest BCUT2D eigenvalue weighted by Gasteiger charge is -2.31. The van der Waals surface area contributed by atoms with E-state index in [0.717, 1.165) is 32.0 Å². The number of hydrogen-bond donors (Lipinski definition) is 3. The summed E-state index contributed by atoms with van der Waals surface area (Å²) in [5.74, 6) is -2.79. The molecule has 2 aromatic carbocycles. The SMILES string of the molecule is CC(C)NC(=O)C1CCN(CCNc2nnc(-c3ccc(F)c(F)c3Nc3ccc(I)cc3F)o2)CC1. The van der Waals surface area contributed by atoms with Crippen LogP contribution in [0.2, 0.25) is 0 Å². The monoisotopic (exact) mass is 628 g/mol. The number of benzene rings is 2. The van der Waals surface area contributed by atoms with Crippen LogP contribution in [-0.2, 0) is 4.79 Å². The molecule has 3 N–H and O–H groups in total. The molecule has 12 heteroatoms. The Kier molecular flexibility index (Phi) is 8.90. The maximum Gasteiger partial charge on any atom is 0.315 e. The van der Waals surface area contributed by atoms with E-state index in [-0.39, 0.29) is 46.7 Å². The fourth-order valence-electron chi connectivity index (χ4n) is 4.12. The predicted octanol–water partition coefficient (Wildman–Crippen LogP) is 5.15. The Balaban J connectivity index is 1.37. The highest BCUT2D eigenvalue weighted by atomic mass is 127. The van der Waals surface area contributed by atoms with Gasteiger partial charge in [-0.3, -0.25) is 4.79 Å². The molecular weight excluding hydrogens is 600 g/mol. The zero-order valence-electron chi connectivity index (χ0n) is 20.5. The molecular formula is C25H28F3IN6O2. The van der Waals surface area contributed by atoms with Gasteiger partial charge in [-0.1, -0.05) is 5.10 Å². The van der Waals surface area contributed by atoms with Crippen LogP contribution in [0, 0.1) is 26.9 Å². The molecule has 4 rings (SSSR count). The van der Waals surface area contributed by atoms with Gasteiger partial charge in [0.15, 0.2) is 11.6 Å². The minimum Gasteiger partial charge on any atom is -0.403 e. The number of hydrogen-bond acceptors (Lipinski definition) is 7. The quantitative estimate of drug-likeness (QED) is 0.282. The summed E-state index contributed by atoms with van der Waals surface area (Å²) in [6, 6.07) is 6.85. The van der Waals surface area contributed by atoms with Gasteiger partial charge < -0.3 is 25.3 Å². The zero-order valence-corrected chi connectivity index (χ0v) is 22.6. The minimum atomic E-state index is -1.19. The van der Waals surface area contributed by atoms with Crippen LogP contribution in [0.5, 0.6) is 0 Å². The third-order valence-corrected chi connectivity index (χ3v) is 6.71. The highest BCUT2D eigenvalue weighted by Crippen LogP contribution is 2.34. The summed E-state index contributed by atoms with van der Waals surface area (Å²) < 4.78 is 49.3. The van der Waals surface area contributed by atoms with E-state index >= 15 is 0 Å². The van der Waals surface area contributed by atoms with Crippen LogP contribution in [0.25, 0.3) is 11.5 Å². The van der Waals surface area contributed by atoms with Crippen molar-refractivity contribution in [2.75, 3.05) is 36.8 Å². The van der Waals surface area contributed by atoms with Gasteiger partial charge in [0, 0.05) is 28.6 Å². The molecule has 1 fully saturated rings. The molecule has 0 aliphatic carbocycles. The first-order valence-corrected chi connectivity index (χ1v) is 13.1. The molecule has 3 aromatic rings. The van der Waals surface area contributed by atoms with Crippen molar-refractivity contribution in [1.82, 2.24) is 20.4 Å². The lowest BCUT2D eigenvalue weighted by molar-refractivity contribution is -0.126. The van der Waals surface area contributed by atoms with E-state index < -0.39 is 17.5 Å². The average Bonchev–Trinajstić information content (AvgIpc) is 3.32. The van der Waals surface area contributed by atoms with Gasteiger partial charge in [-0.2, -0.15) is 0 Å². The van der Waals surface area contributed by atoms with Crippen molar-refractivity contribution in [3.05, 3.63) is 51.4 Å². The highest BCUT2D eigenvalue weighted by Gasteiger charge is 2.25. The molecule has 0 spiro atoms. The van der Waals surface area contributed by atoms with Crippen LogP contribution >= 0.6 is 22.6 Å². The second-order valence-electron chi connectivity index (χ2n) is 9.15. The van der Waals surface area contributed by atoms with E-state index in [2.05, 4.69) is 31.0 Å². The van der Waals surface area contributed by atoms with E-state index in [4.69, 9.17) is 4.42 Å². The Hall–Kier alpha value is -2.87. The number of nitrogens with zero attached hydrogens (tertiary/aromatic N) is 3. The molecule has 1 amide bonds. The molecule has 0 bridgehead atoms. The van der Waals surface area contributed by atoms with Gasteiger partial charge in [0.05, 0.1) is 16.9 Å². The largest absolute Gasteiger partial charge is 0.403 e. The minimum absolute atomic E-state index is 0.0190. The van der Waals surface area contributed by atoms with Crippen LogP contribution in [-0.4, -0.2) is 53.2 Å². The van der Waals surface area contributed by atoms with Crippen LogP contribution < -0.4 is 16.0 Å². The van der Waals surface area contributed by atoms with E-state index in [1.165, 1.54) is 18.2 Å². The first kappa shape index (κ1) is 27.2. The topological polar surface area (TPSA) is 95.3 Å². The Morgan fingerprint density at radius 3 is 2.59 bits per heavy atom. The number of carbonyl (C=O) groups is 1. The van der Waals surface area contributed by atoms with Crippen molar-refractivity contribution in [2.24, 2.45) is 5.92 Å². The summed E-state index contributed by atoms with van der Waals surface area (Å²) in [5.41, 5.74) is -0.228. The third-order valence-electron chi connectivity index (χ3n) is 6.03. The number of likely N-dealkylation sites (tertiary alicyclic amines) is 1. The maximum atomic E-state index is 14.7. The number of anilines is 3. The molecule has 0 unspecified atom stereocenters. The Morgan fingerprint density at radius 2 is 1.89 bits per heavy atom. The van der Waals surface area contributed by atoms with Crippen molar-refractivity contribution >= 4 is 45.9 Å². The average molecular weight is 628 g/mol. The Labute approximate surface area is 226 Å². The maximum absolute atomic E-state index is 14.7. The molecule has 0 saturated carbocycles. The molecule has 0 atom stereocenters. The van der Waals surface area contributed by atoms with Crippen LogP contribution in [0.1, 0.15) is 26.7 Å². The standard InChI is InChI=1S/C25H28F3IN6O2/c1-14(2)31-23(36)15-7-10-35(11-8-15)12-9-30-25-34-33-24(37-25)17-4-5-18(26)21(28)22(17)32-20-6-3-16(29)13-19(20)27/h3-6,13-15,32H,7-12H2,1-2H3,(H,30,34)(H,31,36). The summed E-state index contributed by atoms with van der Waals surface area (Å²) in [5, 5.41) is 16.5. The van der Waals surface area contributed by atoms with Gasteiger partial charge in [0.1, 0.15) is 5.82 Å². The molecule has 198 valence electrons. The van der Waals surface area contributed by atoms with Gasteiger partial charge in [0.2, 0.25) is 5.91 Å². The van der Waals surface area contributed by atoms with Crippen molar-refractivity contribution in [3.63, 3.8) is 0 Å². The van der Waals surface area contributed by atoms with Gasteiger partial charge >= 0.3 is 6.01 Å². The lowest BCUT2D eigenvalue weighted by Crippen LogP contribution is -2.43. The summed E-state index contributed by atoms with van der Waals surface area (Å²) in [4.78, 5) is 14.4. The second-order valence-corrected chi connectivity index (χ2v) is 10.4. The van der Waals surface area contributed by atoms with Crippen LogP contribution in [0.15, 0.2) is 34.7 Å². The summed E-state index contributed by atoms with van der Waals surface area (Å²) >= 11 is 1.95. The number of aromatic nitrogens is 2. The number of rotatable bonds is 9. The fraction of sp³-hybridized carbons (Fsp3) is 0.400. The van der Waals surface area contributed by atoms with Crippen molar-refractivity contribution in [3.8, 4) is 11.5 Å². The van der Waals surface area contributed by atoms with E-state index in [1.807, 2.05) is 36.4 Å². The van der Waals surface area contributed by atoms with E-state index in [1.54, 1.807) is 6.07 Å². The van der Waals surface area contributed by atoms with Crippen molar-refractivity contribution in [1.29, 1.82) is 0 Å². The number of carbonyl (C=O) groups excluding carboxylic acids is 1. The molecule has 1 aliphatic rings. The summed E-state index contributed by atoms with van der Waals surface area (Å²) in [6.07, 6.45) is 1.60. The van der Waals surface area contributed by atoms with Gasteiger partial charge in [-0.05, 0) is 92.7 Å². The Morgan fingerprint density at radius 1 is 1.14 bits per heavy atom. The molecule has 8 nitrogen and oxygen atoms in total.